The summed E-state index contributed by atoms with van der Waals surface area (Å²) in [7, 11) is 0. The minimum atomic E-state index is -0.464. The van der Waals surface area contributed by atoms with Crippen molar-refractivity contribution in [3.05, 3.63) is 35.4 Å². The van der Waals surface area contributed by atoms with Gasteiger partial charge in [-0.25, -0.2) is 8.78 Å². The van der Waals surface area contributed by atoms with Gasteiger partial charge in [0.15, 0.2) is 0 Å². The van der Waals surface area contributed by atoms with E-state index in [1.165, 1.54) is 18.2 Å². The van der Waals surface area contributed by atoms with Crippen LogP contribution in [0.1, 0.15) is 37.8 Å². The van der Waals surface area contributed by atoms with E-state index < -0.39 is 11.6 Å². The molecule has 0 aliphatic carbocycles. The van der Waals surface area contributed by atoms with Crippen molar-refractivity contribution in [3.8, 4) is 0 Å². The molecule has 4 atom stereocenters. The van der Waals surface area contributed by atoms with E-state index in [4.69, 9.17) is 4.74 Å². The summed E-state index contributed by atoms with van der Waals surface area (Å²) in [6, 6.07) is 3.78. The largest absolute Gasteiger partial charge is 0.375 e. The van der Waals surface area contributed by atoms with Crippen molar-refractivity contribution in [2.45, 2.75) is 44.4 Å². The Kier molecular flexibility index (Phi) is 3.54. The molecule has 2 bridgehead atoms. The average Bonchev–Trinajstić information content (AvgIpc) is 2.99. The Hall–Kier alpha value is -1.00. The van der Waals surface area contributed by atoms with Gasteiger partial charge in [-0.05, 0) is 37.9 Å². The van der Waals surface area contributed by atoms with Crippen molar-refractivity contribution >= 4 is 0 Å². The predicted molar refractivity (Wildman–Crippen MR) is 68.8 cm³/mol. The number of hydrogen-bond donors (Lipinski definition) is 1. The third kappa shape index (κ3) is 2.28. The normalized spacial score (nSPS) is 30.8. The molecule has 1 N–H and O–H groups in total. The van der Waals surface area contributed by atoms with Crippen molar-refractivity contribution < 1.29 is 13.5 Å². The number of fused-ring (bicyclic) bond motifs is 2. The molecule has 4 unspecified atom stereocenters. The van der Waals surface area contributed by atoms with Gasteiger partial charge in [-0.3, -0.25) is 0 Å². The summed E-state index contributed by atoms with van der Waals surface area (Å²) in [5.41, 5.74) is 0.172. The molecular formula is C15H19F2NO. The van der Waals surface area contributed by atoms with Crippen molar-refractivity contribution in [1.82, 2.24) is 5.32 Å². The fraction of sp³-hybridized carbons (Fsp3) is 0.600. The SMILES string of the molecule is CCNC(c1c(F)cccc1F)C1CC2CCC1O2. The van der Waals surface area contributed by atoms with Crippen LogP contribution >= 0.6 is 0 Å². The average molecular weight is 267 g/mol. The predicted octanol–water partition coefficient (Wildman–Crippen LogP) is 3.18. The number of ether oxygens (including phenoxy) is 1. The van der Waals surface area contributed by atoms with Crippen LogP contribution in [0, 0.1) is 17.6 Å². The Labute approximate surface area is 112 Å². The van der Waals surface area contributed by atoms with Crippen LogP contribution in [0.3, 0.4) is 0 Å². The second kappa shape index (κ2) is 5.17. The van der Waals surface area contributed by atoms with Crippen molar-refractivity contribution in [2.75, 3.05) is 6.54 Å². The van der Waals surface area contributed by atoms with Crippen LogP contribution in [0.15, 0.2) is 18.2 Å². The highest BCUT2D eigenvalue weighted by molar-refractivity contribution is 5.25. The molecule has 2 saturated heterocycles. The number of benzene rings is 1. The van der Waals surface area contributed by atoms with E-state index in [0.29, 0.717) is 6.54 Å². The van der Waals surface area contributed by atoms with Gasteiger partial charge in [-0.15, -0.1) is 0 Å². The molecule has 2 nitrogen and oxygen atoms in total. The smallest absolute Gasteiger partial charge is 0.130 e. The Morgan fingerprint density at radius 2 is 2.05 bits per heavy atom. The van der Waals surface area contributed by atoms with Crippen molar-refractivity contribution in [2.24, 2.45) is 5.92 Å². The Morgan fingerprint density at radius 3 is 2.58 bits per heavy atom. The molecule has 2 aliphatic rings. The van der Waals surface area contributed by atoms with Gasteiger partial charge in [0.25, 0.3) is 0 Å². The molecule has 0 amide bonds. The third-order valence-electron chi connectivity index (χ3n) is 4.32. The summed E-state index contributed by atoms with van der Waals surface area (Å²) in [5, 5.41) is 3.25. The van der Waals surface area contributed by atoms with Gasteiger partial charge >= 0.3 is 0 Å². The van der Waals surface area contributed by atoms with Gasteiger partial charge in [0, 0.05) is 17.5 Å². The first-order valence-electron chi connectivity index (χ1n) is 7.03. The lowest BCUT2D eigenvalue weighted by Gasteiger charge is -2.30. The first-order valence-corrected chi connectivity index (χ1v) is 7.03. The van der Waals surface area contributed by atoms with E-state index >= 15 is 0 Å². The van der Waals surface area contributed by atoms with Crippen LogP contribution in [0.5, 0.6) is 0 Å². The molecule has 0 spiro atoms. The Balaban J connectivity index is 1.92. The zero-order valence-corrected chi connectivity index (χ0v) is 11.0. The van der Waals surface area contributed by atoms with Crippen LogP contribution in [0.2, 0.25) is 0 Å². The van der Waals surface area contributed by atoms with E-state index in [1.807, 2.05) is 6.92 Å². The second-order valence-electron chi connectivity index (χ2n) is 5.44. The van der Waals surface area contributed by atoms with Crippen molar-refractivity contribution in [1.29, 1.82) is 0 Å². The molecule has 2 aliphatic heterocycles. The highest BCUT2D eigenvalue weighted by Crippen LogP contribution is 2.45. The molecule has 1 aromatic carbocycles. The quantitative estimate of drug-likeness (QED) is 0.904. The monoisotopic (exact) mass is 267 g/mol. The van der Waals surface area contributed by atoms with Crippen LogP contribution in [0.4, 0.5) is 8.78 Å². The standard InChI is InChI=1S/C15H19F2NO/c1-2-18-15(10-8-9-6-7-13(10)19-9)14-11(16)4-3-5-12(14)17/h3-5,9-10,13,15,18H,2,6-8H2,1H3. The van der Waals surface area contributed by atoms with Crippen LogP contribution < -0.4 is 5.32 Å². The van der Waals surface area contributed by atoms with Crippen LogP contribution in [0.25, 0.3) is 0 Å². The van der Waals surface area contributed by atoms with Crippen LogP contribution in [-0.4, -0.2) is 18.8 Å². The molecule has 19 heavy (non-hydrogen) atoms. The summed E-state index contributed by atoms with van der Waals surface area (Å²) in [4.78, 5) is 0. The summed E-state index contributed by atoms with van der Waals surface area (Å²) in [6.45, 7) is 2.64. The summed E-state index contributed by atoms with van der Waals surface area (Å²) in [6.07, 6.45) is 3.42. The molecule has 1 aromatic rings. The number of rotatable bonds is 4. The molecule has 2 fully saturated rings. The molecule has 0 aromatic heterocycles. The lowest BCUT2D eigenvalue weighted by Crippen LogP contribution is -2.35. The number of nitrogens with one attached hydrogen (secondary N) is 1. The molecule has 0 radical (unpaired) electrons. The van der Waals surface area contributed by atoms with Gasteiger partial charge in [0.1, 0.15) is 11.6 Å². The topological polar surface area (TPSA) is 21.3 Å². The minimum absolute atomic E-state index is 0.146. The maximum atomic E-state index is 14.0. The minimum Gasteiger partial charge on any atom is -0.375 e. The molecular weight excluding hydrogens is 248 g/mol. The van der Waals surface area contributed by atoms with Gasteiger partial charge in [-0.2, -0.15) is 0 Å². The highest BCUT2D eigenvalue weighted by atomic mass is 19.1. The van der Waals surface area contributed by atoms with E-state index in [1.54, 1.807) is 0 Å². The molecule has 104 valence electrons. The molecule has 2 heterocycles. The third-order valence-corrected chi connectivity index (χ3v) is 4.32. The maximum Gasteiger partial charge on any atom is 0.130 e. The van der Waals surface area contributed by atoms with E-state index in [9.17, 15) is 8.78 Å². The Bertz CT molecular complexity index is 445. The molecule has 3 rings (SSSR count). The summed E-state index contributed by atoms with van der Waals surface area (Å²) < 4.78 is 33.8. The summed E-state index contributed by atoms with van der Waals surface area (Å²) >= 11 is 0. The number of hydrogen-bond acceptors (Lipinski definition) is 2. The lowest BCUT2D eigenvalue weighted by molar-refractivity contribution is 0.0852. The van der Waals surface area contributed by atoms with Crippen LogP contribution in [-0.2, 0) is 4.74 Å². The zero-order valence-electron chi connectivity index (χ0n) is 11.0. The second-order valence-corrected chi connectivity index (χ2v) is 5.44. The summed E-state index contributed by atoms with van der Waals surface area (Å²) in [5.74, 6) is -0.757. The number of halogens is 2. The fourth-order valence-electron chi connectivity index (χ4n) is 3.52. The molecule has 4 heteroatoms. The molecule has 0 saturated carbocycles. The fourth-order valence-corrected chi connectivity index (χ4v) is 3.52. The van der Waals surface area contributed by atoms with Gasteiger partial charge in [-0.1, -0.05) is 13.0 Å². The zero-order chi connectivity index (χ0) is 13.4. The maximum absolute atomic E-state index is 14.0. The van der Waals surface area contributed by atoms with Gasteiger partial charge < -0.3 is 10.1 Å². The first kappa shape index (κ1) is 13.0. The van der Waals surface area contributed by atoms with E-state index in [2.05, 4.69) is 5.32 Å². The van der Waals surface area contributed by atoms with Crippen molar-refractivity contribution in [3.63, 3.8) is 0 Å². The lowest BCUT2D eigenvalue weighted by atomic mass is 9.80. The first-order chi connectivity index (χ1) is 9.20. The Morgan fingerprint density at radius 1 is 1.32 bits per heavy atom. The van der Waals surface area contributed by atoms with Gasteiger partial charge in [0.05, 0.1) is 12.2 Å². The van der Waals surface area contributed by atoms with Gasteiger partial charge in [0.2, 0.25) is 0 Å². The van der Waals surface area contributed by atoms with E-state index in [-0.39, 0.29) is 29.7 Å². The van der Waals surface area contributed by atoms with E-state index in [0.717, 1.165) is 19.3 Å². The highest BCUT2D eigenvalue weighted by Gasteiger charge is 2.45.